The molecule has 0 saturated carbocycles. The number of para-hydroxylation sites is 1. The Morgan fingerprint density at radius 3 is 2.46 bits per heavy atom. The monoisotopic (exact) mass is 391 g/mol. The third-order valence-electron chi connectivity index (χ3n) is 3.78. The van der Waals surface area contributed by atoms with Crippen LogP contribution in [0.2, 0.25) is 0 Å². The van der Waals surface area contributed by atoms with E-state index >= 15 is 0 Å². The van der Waals surface area contributed by atoms with Gasteiger partial charge in [0.2, 0.25) is 0 Å². The van der Waals surface area contributed by atoms with Crippen LogP contribution in [0.4, 0.5) is 29.3 Å². The highest BCUT2D eigenvalue weighted by molar-refractivity contribution is 6.00. The Morgan fingerprint density at radius 1 is 1.07 bits per heavy atom. The van der Waals surface area contributed by atoms with Crippen LogP contribution in [0.3, 0.4) is 0 Å². The molecule has 3 N–H and O–H groups in total. The number of nitrogens with one attached hydrogen (secondary N) is 2. The summed E-state index contributed by atoms with van der Waals surface area (Å²) in [6.07, 6.45) is -2.52. The fourth-order valence-corrected chi connectivity index (χ4v) is 2.48. The third kappa shape index (κ3) is 4.65. The fraction of sp³-hybridized carbons (Fsp3) is 0.167. The van der Waals surface area contributed by atoms with Crippen LogP contribution in [0.25, 0.3) is 5.69 Å². The van der Waals surface area contributed by atoms with Crippen molar-refractivity contribution >= 4 is 17.4 Å². The van der Waals surface area contributed by atoms with Gasteiger partial charge in [-0.3, -0.25) is 0 Å². The number of hydrogen-bond acceptors (Lipinski definition) is 4. The first kappa shape index (κ1) is 19.4. The van der Waals surface area contributed by atoms with Gasteiger partial charge in [0.15, 0.2) is 0 Å². The van der Waals surface area contributed by atoms with Gasteiger partial charge in [-0.05, 0) is 36.4 Å². The van der Waals surface area contributed by atoms with Gasteiger partial charge < -0.3 is 15.7 Å². The van der Waals surface area contributed by atoms with Gasteiger partial charge >= 0.3 is 12.2 Å². The summed E-state index contributed by atoms with van der Waals surface area (Å²) in [5.74, 6) is 0. The van der Waals surface area contributed by atoms with Crippen LogP contribution in [-0.2, 0) is 12.6 Å². The van der Waals surface area contributed by atoms with Crippen molar-refractivity contribution in [3.8, 4) is 5.69 Å². The molecule has 0 fully saturated rings. The summed E-state index contributed by atoms with van der Waals surface area (Å²) in [6.45, 7) is -0.0336. The number of carbonyl (C=O) groups is 1. The highest BCUT2D eigenvalue weighted by atomic mass is 19.4. The SMILES string of the molecule is O=C(Nc1ccc(-n2cc(CCO)nn2)cc1)Nc1ccccc1C(F)(F)F. The van der Waals surface area contributed by atoms with Gasteiger partial charge in [-0.2, -0.15) is 13.2 Å². The Hall–Kier alpha value is -3.40. The first-order valence-electron chi connectivity index (χ1n) is 8.23. The molecule has 28 heavy (non-hydrogen) atoms. The van der Waals surface area contributed by atoms with Crippen LogP contribution in [0, 0.1) is 0 Å². The zero-order chi connectivity index (χ0) is 20.1. The summed E-state index contributed by atoms with van der Waals surface area (Å²) in [4.78, 5) is 12.1. The number of halogens is 3. The Labute approximate surface area is 157 Å². The predicted octanol–water partition coefficient (Wildman–Crippen LogP) is 3.46. The van der Waals surface area contributed by atoms with Gasteiger partial charge in [0.1, 0.15) is 0 Å². The maximum absolute atomic E-state index is 13.0. The summed E-state index contributed by atoms with van der Waals surface area (Å²) < 4.78 is 40.5. The van der Waals surface area contributed by atoms with E-state index in [4.69, 9.17) is 5.11 Å². The molecule has 0 bridgehead atoms. The third-order valence-corrected chi connectivity index (χ3v) is 3.78. The maximum atomic E-state index is 13.0. The van der Waals surface area contributed by atoms with Gasteiger partial charge in [0, 0.05) is 18.7 Å². The number of carbonyl (C=O) groups excluding carboxylic acids is 1. The van der Waals surface area contributed by atoms with Crippen molar-refractivity contribution in [2.75, 3.05) is 17.2 Å². The summed E-state index contributed by atoms with van der Waals surface area (Å²) in [5, 5.41) is 21.4. The van der Waals surface area contributed by atoms with Gasteiger partial charge in [0.25, 0.3) is 0 Å². The molecule has 2 amide bonds. The van der Waals surface area contributed by atoms with Crippen LogP contribution in [0.1, 0.15) is 11.3 Å². The Kier molecular flexibility index (Phi) is 5.59. The number of rotatable bonds is 5. The van der Waals surface area contributed by atoms with E-state index in [9.17, 15) is 18.0 Å². The lowest BCUT2D eigenvalue weighted by Gasteiger charge is -2.14. The average Bonchev–Trinajstić information content (AvgIpc) is 3.11. The van der Waals surface area contributed by atoms with Crippen molar-refractivity contribution in [1.29, 1.82) is 0 Å². The van der Waals surface area contributed by atoms with Crippen LogP contribution in [-0.4, -0.2) is 32.7 Å². The smallest absolute Gasteiger partial charge is 0.396 e. The first-order chi connectivity index (χ1) is 13.4. The lowest BCUT2D eigenvalue weighted by atomic mass is 10.1. The minimum Gasteiger partial charge on any atom is -0.396 e. The van der Waals surface area contributed by atoms with Gasteiger partial charge in [-0.1, -0.05) is 17.3 Å². The van der Waals surface area contributed by atoms with Gasteiger partial charge in [0.05, 0.1) is 28.8 Å². The molecule has 3 rings (SSSR count). The molecule has 0 aliphatic rings. The van der Waals surface area contributed by atoms with Crippen LogP contribution in [0.5, 0.6) is 0 Å². The Bertz CT molecular complexity index is 954. The molecule has 1 heterocycles. The largest absolute Gasteiger partial charge is 0.418 e. The molecule has 0 atom stereocenters. The molecule has 0 aliphatic carbocycles. The van der Waals surface area contributed by atoms with Crippen molar-refractivity contribution in [2.45, 2.75) is 12.6 Å². The zero-order valence-corrected chi connectivity index (χ0v) is 14.4. The number of urea groups is 1. The van der Waals surface area contributed by atoms with Crippen molar-refractivity contribution in [3.63, 3.8) is 0 Å². The summed E-state index contributed by atoms with van der Waals surface area (Å²) in [6, 6.07) is 10.4. The number of alkyl halides is 3. The lowest BCUT2D eigenvalue weighted by Crippen LogP contribution is -2.21. The van der Waals surface area contributed by atoms with Crippen LogP contribution >= 0.6 is 0 Å². The number of benzene rings is 2. The van der Waals surface area contributed by atoms with Crippen LogP contribution in [0.15, 0.2) is 54.7 Å². The predicted molar refractivity (Wildman–Crippen MR) is 96.2 cm³/mol. The summed E-state index contributed by atoms with van der Waals surface area (Å²) in [5.41, 5.74) is 0.437. The van der Waals surface area contributed by atoms with Crippen molar-refractivity contribution in [2.24, 2.45) is 0 Å². The van der Waals surface area contributed by atoms with E-state index in [2.05, 4.69) is 20.9 Å². The highest BCUT2D eigenvalue weighted by Crippen LogP contribution is 2.34. The second-order valence-corrected chi connectivity index (χ2v) is 5.80. The van der Waals surface area contributed by atoms with E-state index in [0.29, 0.717) is 23.5 Å². The number of aliphatic hydroxyl groups is 1. The van der Waals surface area contributed by atoms with E-state index in [1.54, 1.807) is 30.5 Å². The van der Waals surface area contributed by atoms with E-state index in [1.165, 1.54) is 22.9 Å². The molecule has 0 unspecified atom stereocenters. The van der Waals surface area contributed by atoms with Crippen LogP contribution < -0.4 is 10.6 Å². The van der Waals surface area contributed by atoms with Crippen molar-refractivity contribution in [3.05, 3.63) is 66.0 Å². The Balaban J connectivity index is 1.67. The highest BCUT2D eigenvalue weighted by Gasteiger charge is 2.33. The topological polar surface area (TPSA) is 92.1 Å². The summed E-state index contributed by atoms with van der Waals surface area (Å²) >= 11 is 0. The minimum atomic E-state index is -4.57. The molecule has 0 saturated heterocycles. The van der Waals surface area contributed by atoms with E-state index in [-0.39, 0.29) is 12.3 Å². The van der Waals surface area contributed by atoms with E-state index in [0.717, 1.165) is 6.07 Å². The number of nitrogens with zero attached hydrogens (tertiary/aromatic N) is 3. The number of hydrogen-bond donors (Lipinski definition) is 3. The normalized spacial score (nSPS) is 11.3. The maximum Gasteiger partial charge on any atom is 0.418 e. The number of amides is 2. The molecule has 0 spiro atoms. The zero-order valence-electron chi connectivity index (χ0n) is 14.4. The van der Waals surface area contributed by atoms with E-state index < -0.39 is 17.8 Å². The van der Waals surface area contributed by atoms with Crippen molar-refractivity contribution in [1.82, 2.24) is 15.0 Å². The molecule has 0 aliphatic heterocycles. The first-order valence-corrected chi connectivity index (χ1v) is 8.23. The molecule has 0 radical (unpaired) electrons. The molecule has 7 nitrogen and oxygen atoms in total. The quantitative estimate of drug-likeness (QED) is 0.621. The minimum absolute atomic E-state index is 0.0336. The van der Waals surface area contributed by atoms with Gasteiger partial charge in [-0.15, -0.1) is 5.10 Å². The molecular weight excluding hydrogens is 375 g/mol. The number of aromatic nitrogens is 3. The number of aliphatic hydroxyl groups excluding tert-OH is 1. The molecular formula is C18H16F3N5O2. The van der Waals surface area contributed by atoms with E-state index in [1.807, 2.05) is 0 Å². The lowest BCUT2D eigenvalue weighted by molar-refractivity contribution is -0.136. The Morgan fingerprint density at radius 2 is 1.79 bits per heavy atom. The summed E-state index contributed by atoms with van der Waals surface area (Å²) in [7, 11) is 0. The fourth-order valence-electron chi connectivity index (χ4n) is 2.48. The molecule has 10 heteroatoms. The molecule has 3 aromatic rings. The van der Waals surface area contributed by atoms with Gasteiger partial charge in [-0.25, -0.2) is 9.48 Å². The second-order valence-electron chi connectivity index (χ2n) is 5.80. The molecule has 146 valence electrons. The average molecular weight is 391 g/mol. The molecule has 2 aromatic carbocycles. The molecule has 1 aromatic heterocycles. The number of anilines is 2. The van der Waals surface area contributed by atoms with Crippen molar-refractivity contribution < 1.29 is 23.1 Å². The standard InChI is InChI=1S/C18H16F3N5O2/c19-18(20,21)15-3-1-2-4-16(15)23-17(28)22-12-5-7-14(8-6-12)26-11-13(9-10-27)24-25-26/h1-8,11,27H,9-10H2,(H2,22,23,28). The second kappa shape index (κ2) is 8.09.